The Labute approximate surface area is 86.9 Å². The molecule has 0 aliphatic carbocycles. The lowest BCUT2D eigenvalue weighted by molar-refractivity contribution is -0.140. The van der Waals surface area contributed by atoms with Crippen LogP contribution in [0.3, 0.4) is 0 Å². The minimum Gasteiger partial charge on any atom is -0.480 e. The van der Waals surface area contributed by atoms with E-state index < -0.39 is 12.0 Å². The standard InChI is InChI=1S/C11H23NO2/c1-5-9(4)10(11(13)14)12-7-6-8(2)3/h8-10,12H,5-7H2,1-4H3,(H,13,14). The van der Waals surface area contributed by atoms with Crippen molar-refractivity contribution in [1.29, 1.82) is 0 Å². The smallest absolute Gasteiger partial charge is 0.320 e. The van der Waals surface area contributed by atoms with E-state index in [4.69, 9.17) is 5.11 Å². The van der Waals surface area contributed by atoms with E-state index in [0.29, 0.717) is 5.92 Å². The van der Waals surface area contributed by atoms with E-state index in [9.17, 15) is 4.79 Å². The number of nitrogens with one attached hydrogen (secondary N) is 1. The van der Waals surface area contributed by atoms with E-state index in [1.165, 1.54) is 0 Å². The third kappa shape index (κ3) is 5.22. The molecular formula is C11H23NO2. The minimum absolute atomic E-state index is 0.194. The van der Waals surface area contributed by atoms with Gasteiger partial charge in [0, 0.05) is 0 Å². The number of carboxylic acid groups (broad SMARTS) is 1. The number of hydrogen-bond acceptors (Lipinski definition) is 2. The number of hydrogen-bond donors (Lipinski definition) is 2. The first kappa shape index (κ1) is 13.4. The fourth-order valence-corrected chi connectivity index (χ4v) is 1.30. The van der Waals surface area contributed by atoms with Crippen LogP contribution in [0.15, 0.2) is 0 Å². The molecule has 0 heterocycles. The van der Waals surface area contributed by atoms with E-state index >= 15 is 0 Å². The molecule has 84 valence electrons. The van der Waals surface area contributed by atoms with Crippen molar-refractivity contribution >= 4 is 5.97 Å². The SMILES string of the molecule is CCC(C)C(NCCC(C)C)C(=O)O. The zero-order chi connectivity index (χ0) is 11.1. The van der Waals surface area contributed by atoms with Gasteiger partial charge in [-0.2, -0.15) is 0 Å². The van der Waals surface area contributed by atoms with Gasteiger partial charge in [-0.15, -0.1) is 0 Å². The second-order valence-electron chi connectivity index (χ2n) is 4.34. The summed E-state index contributed by atoms with van der Waals surface area (Å²) in [5, 5.41) is 12.1. The van der Waals surface area contributed by atoms with Gasteiger partial charge in [-0.25, -0.2) is 0 Å². The lowest BCUT2D eigenvalue weighted by atomic mass is 9.99. The summed E-state index contributed by atoms with van der Waals surface area (Å²) in [6, 6.07) is -0.390. The number of carbonyl (C=O) groups is 1. The Morgan fingerprint density at radius 3 is 2.29 bits per heavy atom. The van der Waals surface area contributed by atoms with Crippen LogP contribution in [-0.2, 0) is 4.79 Å². The van der Waals surface area contributed by atoms with E-state index in [0.717, 1.165) is 19.4 Å². The lowest BCUT2D eigenvalue weighted by Crippen LogP contribution is -2.42. The normalized spacial score (nSPS) is 15.5. The fourth-order valence-electron chi connectivity index (χ4n) is 1.30. The summed E-state index contributed by atoms with van der Waals surface area (Å²) < 4.78 is 0. The van der Waals surface area contributed by atoms with Gasteiger partial charge in [-0.1, -0.05) is 34.1 Å². The van der Waals surface area contributed by atoms with Crippen molar-refractivity contribution in [2.75, 3.05) is 6.54 Å². The van der Waals surface area contributed by atoms with Crippen LogP contribution in [-0.4, -0.2) is 23.7 Å². The van der Waals surface area contributed by atoms with Crippen molar-refractivity contribution in [2.24, 2.45) is 11.8 Å². The van der Waals surface area contributed by atoms with Gasteiger partial charge < -0.3 is 10.4 Å². The summed E-state index contributed by atoms with van der Waals surface area (Å²) in [5.74, 6) is 0.0802. The van der Waals surface area contributed by atoms with Gasteiger partial charge in [-0.3, -0.25) is 4.79 Å². The summed E-state index contributed by atoms with van der Waals surface area (Å²) in [5.41, 5.74) is 0. The molecule has 3 nitrogen and oxygen atoms in total. The Bertz CT molecular complexity index is 169. The number of carboxylic acids is 1. The molecule has 0 bridgehead atoms. The van der Waals surface area contributed by atoms with Crippen molar-refractivity contribution in [2.45, 2.75) is 46.6 Å². The van der Waals surface area contributed by atoms with Crippen molar-refractivity contribution in [1.82, 2.24) is 5.32 Å². The van der Waals surface area contributed by atoms with Gasteiger partial charge in [-0.05, 0) is 24.8 Å². The number of aliphatic carboxylic acids is 1. The van der Waals surface area contributed by atoms with Gasteiger partial charge in [0.05, 0.1) is 0 Å². The first-order valence-electron chi connectivity index (χ1n) is 5.45. The van der Waals surface area contributed by atoms with Crippen LogP contribution in [0.2, 0.25) is 0 Å². The van der Waals surface area contributed by atoms with Crippen molar-refractivity contribution in [3.8, 4) is 0 Å². The second-order valence-corrected chi connectivity index (χ2v) is 4.34. The van der Waals surface area contributed by atoms with Crippen molar-refractivity contribution < 1.29 is 9.90 Å². The Balaban J connectivity index is 3.92. The summed E-state index contributed by atoms with van der Waals surface area (Å²) in [6.07, 6.45) is 1.92. The quantitative estimate of drug-likeness (QED) is 0.663. The minimum atomic E-state index is -0.733. The van der Waals surface area contributed by atoms with Crippen molar-refractivity contribution in [3.63, 3.8) is 0 Å². The summed E-state index contributed by atoms with van der Waals surface area (Å²) in [6.45, 7) is 9.06. The Kier molecular flexibility index (Phi) is 6.54. The molecule has 0 spiro atoms. The van der Waals surface area contributed by atoms with E-state index in [2.05, 4.69) is 19.2 Å². The van der Waals surface area contributed by atoms with Crippen LogP contribution in [0.1, 0.15) is 40.5 Å². The van der Waals surface area contributed by atoms with Gasteiger partial charge in [0.15, 0.2) is 0 Å². The highest BCUT2D eigenvalue weighted by Crippen LogP contribution is 2.08. The third-order valence-electron chi connectivity index (χ3n) is 2.56. The molecule has 0 radical (unpaired) electrons. The number of rotatable bonds is 7. The van der Waals surface area contributed by atoms with E-state index in [-0.39, 0.29) is 5.92 Å². The van der Waals surface area contributed by atoms with E-state index in [1.807, 2.05) is 13.8 Å². The maximum absolute atomic E-state index is 10.9. The zero-order valence-electron chi connectivity index (χ0n) is 9.71. The van der Waals surface area contributed by atoms with Crippen LogP contribution in [0.4, 0.5) is 0 Å². The maximum Gasteiger partial charge on any atom is 0.320 e. The van der Waals surface area contributed by atoms with Gasteiger partial charge in [0.2, 0.25) is 0 Å². The molecule has 14 heavy (non-hydrogen) atoms. The third-order valence-corrected chi connectivity index (χ3v) is 2.56. The Morgan fingerprint density at radius 1 is 1.36 bits per heavy atom. The topological polar surface area (TPSA) is 49.3 Å². The molecule has 0 saturated heterocycles. The van der Waals surface area contributed by atoms with Gasteiger partial charge in [0.1, 0.15) is 6.04 Å². The second kappa shape index (κ2) is 6.82. The summed E-state index contributed by atoms with van der Waals surface area (Å²) >= 11 is 0. The van der Waals surface area contributed by atoms with Crippen LogP contribution >= 0.6 is 0 Å². The molecule has 0 aromatic carbocycles. The van der Waals surface area contributed by atoms with Crippen LogP contribution in [0.25, 0.3) is 0 Å². The van der Waals surface area contributed by atoms with Crippen LogP contribution in [0, 0.1) is 11.8 Å². The molecule has 0 amide bonds. The molecule has 3 heteroatoms. The zero-order valence-corrected chi connectivity index (χ0v) is 9.71. The summed E-state index contributed by atoms with van der Waals surface area (Å²) in [4.78, 5) is 10.9. The molecule has 0 aromatic heterocycles. The molecule has 0 aliphatic rings. The first-order chi connectivity index (χ1) is 6.49. The maximum atomic E-state index is 10.9. The monoisotopic (exact) mass is 201 g/mol. The predicted octanol–water partition coefficient (Wildman–Crippen LogP) is 2.12. The molecule has 0 fully saturated rings. The highest BCUT2D eigenvalue weighted by Gasteiger charge is 2.22. The Hall–Kier alpha value is -0.570. The molecule has 0 rings (SSSR count). The molecule has 2 N–H and O–H groups in total. The van der Waals surface area contributed by atoms with Crippen molar-refractivity contribution in [3.05, 3.63) is 0 Å². The average molecular weight is 201 g/mol. The highest BCUT2D eigenvalue weighted by atomic mass is 16.4. The van der Waals surface area contributed by atoms with Gasteiger partial charge >= 0.3 is 5.97 Å². The first-order valence-corrected chi connectivity index (χ1v) is 5.45. The van der Waals surface area contributed by atoms with Gasteiger partial charge in [0.25, 0.3) is 0 Å². The molecular weight excluding hydrogens is 178 g/mol. The lowest BCUT2D eigenvalue weighted by Gasteiger charge is -2.20. The molecule has 2 atom stereocenters. The molecule has 2 unspecified atom stereocenters. The molecule has 0 aromatic rings. The Morgan fingerprint density at radius 2 is 1.93 bits per heavy atom. The molecule has 0 aliphatic heterocycles. The fraction of sp³-hybridized carbons (Fsp3) is 0.909. The van der Waals surface area contributed by atoms with E-state index in [1.54, 1.807) is 0 Å². The molecule has 0 saturated carbocycles. The predicted molar refractivity (Wildman–Crippen MR) is 58.3 cm³/mol. The van der Waals surface area contributed by atoms with Crippen LogP contribution < -0.4 is 5.32 Å². The summed E-state index contributed by atoms with van der Waals surface area (Å²) in [7, 11) is 0. The average Bonchev–Trinajstić information content (AvgIpc) is 2.10. The van der Waals surface area contributed by atoms with Crippen LogP contribution in [0.5, 0.6) is 0 Å². The largest absolute Gasteiger partial charge is 0.480 e. The highest BCUT2D eigenvalue weighted by molar-refractivity contribution is 5.73.